The molecule has 0 aliphatic carbocycles. The molecule has 0 aliphatic heterocycles. The van der Waals surface area contributed by atoms with Crippen molar-refractivity contribution < 1.29 is 17.9 Å². The first-order valence-corrected chi connectivity index (χ1v) is 12.6. The van der Waals surface area contributed by atoms with E-state index < -0.39 is 10.0 Å². The van der Waals surface area contributed by atoms with Crippen LogP contribution in [0.4, 0.5) is 5.69 Å². The number of sulfonamides is 1. The normalized spacial score (nSPS) is 11.7. The fourth-order valence-electron chi connectivity index (χ4n) is 3.31. The van der Waals surface area contributed by atoms with E-state index in [0.29, 0.717) is 31.0 Å². The SMILES string of the molecule is CCCOCCOCCCCc1ccc2cccc(NS(=O)(=O)c3ccc(C)cc3)c2n1. The van der Waals surface area contributed by atoms with E-state index in [-0.39, 0.29) is 4.90 Å². The standard InChI is InChI=1S/C25H32N2O4S/c1-3-16-30-18-19-31-17-5-4-8-22-13-12-21-7-6-9-24(25(21)26-22)27-32(28,29)23-14-10-20(2)11-15-23/h6-7,9-15,27H,3-5,8,16-19H2,1-2H3. The van der Waals surface area contributed by atoms with E-state index in [1.165, 1.54) is 0 Å². The fourth-order valence-corrected chi connectivity index (χ4v) is 4.37. The van der Waals surface area contributed by atoms with Gasteiger partial charge in [0.05, 0.1) is 29.3 Å². The Morgan fingerprint density at radius 2 is 1.62 bits per heavy atom. The van der Waals surface area contributed by atoms with Gasteiger partial charge >= 0.3 is 0 Å². The van der Waals surface area contributed by atoms with Crippen LogP contribution in [-0.2, 0) is 25.9 Å². The van der Waals surface area contributed by atoms with Crippen molar-refractivity contribution in [1.82, 2.24) is 4.98 Å². The number of nitrogens with zero attached hydrogens (tertiary/aromatic N) is 1. The maximum atomic E-state index is 12.8. The molecule has 0 saturated carbocycles. The predicted octanol–water partition coefficient (Wildman–Crippen LogP) is 5.11. The van der Waals surface area contributed by atoms with E-state index in [0.717, 1.165) is 48.9 Å². The molecule has 0 radical (unpaired) electrons. The zero-order chi connectivity index (χ0) is 22.8. The number of ether oxygens (including phenoxy) is 2. The largest absolute Gasteiger partial charge is 0.379 e. The molecule has 0 spiro atoms. The molecule has 32 heavy (non-hydrogen) atoms. The average Bonchev–Trinajstić information content (AvgIpc) is 2.78. The van der Waals surface area contributed by atoms with Gasteiger partial charge in [0.2, 0.25) is 0 Å². The summed E-state index contributed by atoms with van der Waals surface area (Å²) in [6, 6.07) is 16.3. The molecule has 0 fully saturated rings. The van der Waals surface area contributed by atoms with Crippen LogP contribution in [-0.4, -0.2) is 39.8 Å². The number of benzene rings is 2. The molecule has 1 heterocycles. The smallest absolute Gasteiger partial charge is 0.261 e. The Bertz CT molecular complexity index is 1100. The van der Waals surface area contributed by atoms with Gasteiger partial charge in [-0.2, -0.15) is 0 Å². The van der Waals surface area contributed by atoms with Crippen molar-refractivity contribution >= 4 is 26.6 Å². The number of hydrogen-bond acceptors (Lipinski definition) is 5. The third-order valence-electron chi connectivity index (χ3n) is 5.05. The summed E-state index contributed by atoms with van der Waals surface area (Å²) in [7, 11) is -3.69. The molecular weight excluding hydrogens is 424 g/mol. The van der Waals surface area contributed by atoms with Crippen molar-refractivity contribution in [3.05, 3.63) is 65.9 Å². The molecule has 0 amide bonds. The molecule has 1 N–H and O–H groups in total. The average molecular weight is 457 g/mol. The number of para-hydroxylation sites is 1. The Kier molecular flexibility index (Phi) is 9.02. The van der Waals surface area contributed by atoms with Gasteiger partial charge in [-0.15, -0.1) is 0 Å². The van der Waals surface area contributed by atoms with Gasteiger partial charge in [0.15, 0.2) is 0 Å². The highest BCUT2D eigenvalue weighted by atomic mass is 32.2. The van der Waals surface area contributed by atoms with Gasteiger partial charge in [-0.25, -0.2) is 8.42 Å². The van der Waals surface area contributed by atoms with Crippen LogP contribution in [0.5, 0.6) is 0 Å². The molecule has 7 heteroatoms. The van der Waals surface area contributed by atoms with Crippen LogP contribution in [0.3, 0.4) is 0 Å². The highest BCUT2D eigenvalue weighted by molar-refractivity contribution is 7.92. The van der Waals surface area contributed by atoms with Gasteiger partial charge < -0.3 is 9.47 Å². The third kappa shape index (κ3) is 7.02. The van der Waals surface area contributed by atoms with E-state index in [2.05, 4.69) is 11.6 Å². The van der Waals surface area contributed by atoms with Crippen molar-refractivity contribution in [2.45, 2.75) is 44.4 Å². The number of rotatable bonds is 13. The molecule has 3 aromatic rings. The Balaban J connectivity index is 1.60. The quantitative estimate of drug-likeness (QED) is 0.362. The van der Waals surface area contributed by atoms with Crippen molar-refractivity contribution in [1.29, 1.82) is 0 Å². The van der Waals surface area contributed by atoms with E-state index >= 15 is 0 Å². The zero-order valence-electron chi connectivity index (χ0n) is 18.8. The summed E-state index contributed by atoms with van der Waals surface area (Å²) in [5.41, 5.74) is 3.09. The molecule has 6 nitrogen and oxygen atoms in total. The number of pyridine rings is 1. The summed E-state index contributed by atoms with van der Waals surface area (Å²) in [5.74, 6) is 0. The van der Waals surface area contributed by atoms with Gasteiger partial charge in [0.25, 0.3) is 10.0 Å². The molecule has 172 valence electrons. The minimum Gasteiger partial charge on any atom is -0.379 e. The number of aryl methyl sites for hydroxylation is 2. The third-order valence-corrected chi connectivity index (χ3v) is 6.43. The van der Waals surface area contributed by atoms with Crippen molar-refractivity contribution in [2.24, 2.45) is 0 Å². The maximum absolute atomic E-state index is 12.8. The molecule has 0 bridgehead atoms. The van der Waals surface area contributed by atoms with Crippen LogP contribution in [0.2, 0.25) is 0 Å². The van der Waals surface area contributed by atoms with Gasteiger partial charge in [-0.1, -0.05) is 42.8 Å². The molecule has 0 unspecified atom stereocenters. The predicted molar refractivity (Wildman–Crippen MR) is 129 cm³/mol. The lowest BCUT2D eigenvalue weighted by molar-refractivity contribution is 0.0467. The van der Waals surface area contributed by atoms with Crippen LogP contribution < -0.4 is 4.72 Å². The Morgan fingerprint density at radius 1 is 0.875 bits per heavy atom. The lowest BCUT2D eigenvalue weighted by Crippen LogP contribution is -2.13. The molecule has 3 rings (SSSR count). The number of anilines is 1. The number of aromatic nitrogens is 1. The second kappa shape index (κ2) is 11.9. The van der Waals surface area contributed by atoms with E-state index in [1.807, 2.05) is 31.2 Å². The van der Waals surface area contributed by atoms with E-state index in [9.17, 15) is 8.42 Å². The molecule has 0 atom stereocenters. The Morgan fingerprint density at radius 3 is 2.38 bits per heavy atom. The molecule has 2 aromatic carbocycles. The highest BCUT2D eigenvalue weighted by Crippen LogP contribution is 2.25. The summed E-state index contributed by atoms with van der Waals surface area (Å²) >= 11 is 0. The highest BCUT2D eigenvalue weighted by Gasteiger charge is 2.16. The molecule has 1 aromatic heterocycles. The van der Waals surface area contributed by atoms with Crippen LogP contribution in [0.25, 0.3) is 10.9 Å². The number of fused-ring (bicyclic) bond motifs is 1. The first kappa shape index (κ1) is 24.2. The lowest BCUT2D eigenvalue weighted by atomic mass is 10.1. The molecule has 0 saturated heterocycles. The van der Waals surface area contributed by atoms with E-state index in [4.69, 9.17) is 14.5 Å². The van der Waals surface area contributed by atoms with Crippen LogP contribution >= 0.6 is 0 Å². The van der Waals surface area contributed by atoms with E-state index in [1.54, 1.807) is 30.3 Å². The lowest BCUT2D eigenvalue weighted by Gasteiger charge is -2.11. The van der Waals surface area contributed by atoms with Gasteiger partial charge in [-0.3, -0.25) is 9.71 Å². The summed E-state index contributed by atoms with van der Waals surface area (Å²) in [4.78, 5) is 4.98. The summed E-state index contributed by atoms with van der Waals surface area (Å²) in [6.07, 6.45) is 3.72. The van der Waals surface area contributed by atoms with Crippen molar-refractivity contribution in [2.75, 3.05) is 31.1 Å². The monoisotopic (exact) mass is 456 g/mol. The maximum Gasteiger partial charge on any atom is 0.261 e. The first-order chi connectivity index (χ1) is 15.5. The summed E-state index contributed by atoms with van der Waals surface area (Å²) in [5, 5.41) is 0.897. The van der Waals surface area contributed by atoms with Crippen molar-refractivity contribution in [3.63, 3.8) is 0 Å². The summed E-state index contributed by atoms with van der Waals surface area (Å²) < 4.78 is 39.4. The Hall–Kier alpha value is -2.48. The minimum atomic E-state index is -3.69. The number of hydrogen-bond donors (Lipinski definition) is 1. The van der Waals surface area contributed by atoms with Crippen molar-refractivity contribution in [3.8, 4) is 0 Å². The molecular formula is C25H32N2O4S. The van der Waals surface area contributed by atoms with Crippen LogP contribution in [0.1, 0.15) is 37.4 Å². The minimum absolute atomic E-state index is 0.233. The fraction of sp³-hybridized carbons (Fsp3) is 0.400. The second-order valence-electron chi connectivity index (χ2n) is 7.78. The first-order valence-electron chi connectivity index (χ1n) is 11.1. The summed E-state index contributed by atoms with van der Waals surface area (Å²) in [6.45, 7) is 6.75. The zero-order valence-corrected chi connectivity index (χ0v) is 19.7. The van der Waals surface area contributed by atoms with Crippen LogP contribution in [0.15, 0.2) is 59.5 Å². The second-order valence-corrected chi connectivity index (χ2v) is 9.46. The number of unbranched alkanes of at least 4 members (excludes halogenated alkanes) is 1. The topological polar surface area (TPSA) is 77.5 Å². The number of nitrogens with one attached hydrogen (secondary N) is 1. The Labute approximate surface area is 191 Å². The molecule has 0 aliphatic rings. The van der Waals surface area contributed by atoms with Gasteiger partial charge in [0, 0.05) is 24.3 Å². The van der Waals surface area contributed by atoms with Gasteiger partial charge in [0.1, 0.15) is 0 Å². The van der Waals surface area contributed by atoms with Crippen LogP contribution in [0, 0.1) is 6.92 Å². The van der Waals surface area contributed by atoms with Gasteiger partial charge in [-0.05, 0) is 56.9 Å².